The van der Waals surface area contributed by atoms with E-state index in [1.165, 1.54) is 11.3 Å². The third kappa shape index (κ3) is 3.65. The average Bonchev–Trinajstić information content (AvgIpc) is 3.28. The highest BCUT2D eigenvalue weighted by molar-refractivity contribution is 7.17. The van der Waals surface area contributed by atoms with Crippen LogP contribution in [0.25, 0.3) is 0 Å². The number of ether oxygens (including phenoxy) is 2. The van der Waals surface area contributed by atoms with Crippen molar-refractivity contribution in [3.05, 3.63) is 39.8 Å². The van der Waals surface area contributed by atoms with Crippen LogP contribution in [0.4, 0.5) is 9.80 Å². The fourth-order valence-corrected chi connectivity index (χ4v) is 5.93. The molecule has 0 saturated carbocycles. The first-order valence-corrected chi connectivity index (χ1v) is 11.9. The van der Waals surface area contributed by atoms with Crippen molar-refractivity contribution < 1.29 is 28.7 Å². The van der Waals surface area contributed by atoms with E-state index in [0.717, 1.165) is 41.0 Å². The van der Waals surface area contributed by atoms with Crippen molar-refractivity contribution in [2.45, 2.75) is 38.1 Å². The first-order chi connectivity index (χ1) is 16.3. The van der Waals surface area contributed by atoms with E-state index < -0.39 is 35.8 Å². The van der Waals surface area contributed by atoms with Crippen LogP contribution in [0.2, 0.25) is 0 Å². The molecule has 0 spiro atoms. The van der Waals surface area contributed by atoms with Gasteiger partial charge in [0.1, 0.15) is 30.3 Å². The first kappa shape index (κ1) is 22.2. The third-order valence-corrected chi connectivity index (χ3v) is 7.57. The summed E-state index contributed by atoms with van der Waals surface area (Å²) in [6, 6.07) is 4.35. The standard InChI is InChI=1S/C23H24N4O6S/c1-23(12-6-7-14-15(10-12)33-9-8-32-14)21(30)27(22(31)26-23)11-17(28)25-20-18(19(24)29)13-4-2-3-5-16(13)34-20/h6-7,10H,2-5,8-9,11H2,1H3,(H2,24,29)(H,25,28)(H,26,31). The molecule has 3 aliphatic rings. The summed E-state index contributed by atoms with van der Waals surface area (Å²) in [6.07, 6.45) is 3.54. The van der Waals surface area contributed by atoms with Crippen molar-refractivity contribution >= 4 is 40.1 Å². The number of imide groups is 1. The normalized spacial score (nSPS) is 21.1. The van der Waals surface area contributed by atoms with Crippen LogP contribution >= 0.6 is 11.3 Å². The lowest BCUT2D eigenvalue weighted by molar-refractivity contribution is -0.133. The molecular formula is C23H24N4O6S. The van der Waals surface area contributed by atoms with E-state index in [1.54, 1.807) is 25.1 Å². The summed E-state index contributed by atoms with van der Waals surface area (Å²) >= 11 is 1.33. The monoisotopic (exact) mass is 484 g/mol. The van der Waals surface area contributed by atoms with Gasteiger partial charge < -0.3 is 25.8 Å². The van der Waals surface area contributed by atoms with Crippen molar-refractivity contribution in [1.29, 1.82) is 0 Å². The molecule has 5 rings (SSSR count). The van der Waals surface area contributed by atoms with Gasteiger partial charge in [-0.15, -0.1) is 11.3 Å². The Kier molecular flexibility index (Phi) is 5.43. The molecule has 4 N–H and O–H groups in total. The van der Waals surface area contributed by atoms with Gasteiger partial charge in [0.25, 0.3) is 11.8 Å². The van der Waals surface area contributed by atoms with Crippen molar-refractivity contribution in [2.24, 2.45) is 5.73 Å². The lowest BCUT2D eigenvalue weighted by Gasteiger charge is -2.25. The number of amides is 5. The largest absolute Gasteiger partial charge is 0.486 e. The Morgan fingerprint density at radius 2 is 1.91 bits per heavy atom. The number of hydrogen-bond acceptors (Lipinski definition) is 7. The highest BCUT2D eigenvalue weighted by atomic mass is 32.1. The van der Waals surface area contributed by atoms with Gasteiger partial charge in [0.15, 0.2) is 11.5 Å². The zero-order valence-corrected chi connectivity index (χ0v) is 19.4. The van der Waals surface area contributed by atoms with Gasteiger partial charge in [0.05, 0.1) is 5.56 Å². The molecule has 3 heterocycles. The number of nitrogens with zero attached hydrogens (tertiary/aromatic N) is 1. The summed E-state index contributed by atoms with van der Waals surface area (Å²) in [6.45, 7) is 1.91. The maximum absolute atomic E-state index is 13.2. The minimum absolute atomic E-state index is 0.325. The molecule has 10 nitrogen and oxygen atoms in total. The van der Waals surface area contributed by atoms with Gasteiger partial charge in [-0.05, 0) is 55.9 Å². The second-order valence-corrected chi connectivity index (χ2v) is 9.74. The molecule has 1 aromatic heterocycles. The molecule has 0 bridgehead atoms. The lowest BCUT2D eigenvalue weighted by Crippen LogP contribution is -2.42. The number of aryl methyl sites for hydroxylation is 1. The number of urea groups is 1. The van der Waals surface area contributed by atoms with E-state index in [4.69, 9.17) is 15.2 Å². The number of nitrogens with one attached hydrogen (secondary N) is 2. The van der Waals surface area contributed by atoms with Crippen LogP contribution in [-0.2, 0) is 28.0 Å². The second-order valence-electron chi connectivity index (χ2n) is 8.63. The van der Waals surface area contributed by atoms with Crippen molar-refractivity contribution in [3.8, 4) is 11.5 Å². The summed E-state index contributed by atoms with van der Waals surface area (Å²) in [5.41, 5.74) is 5.94. The Balaban J connectivity index is 1.34. The van der Waals surface area contributed by atoms with Crippen LogP contribution in [0.15, 0.2) is 18.2 Å². The van der Waals surface area contributed by atoms with Crippen LogP contribution in [0.5, 0.6) is 11.5 Å². The second kappa shape index (κ2) is 8.32. The molecule has 1 atom stereocenters. The zero-order chi connectivity index (χ0) is 24.0. The van der Waals surface area contributed by atoms with Crippen molar-refractivity contribution in [2.75, 3.05) is 25.1 Å². The predicted octanol–water partition coefficient (Wildman–Crippen LogP) is 1.90. The lowest BCUT2D eigenvalue weighted by atomic mass is 9.91. The Hall–Kier alpha value is -3.60. The van der Waals surface area contributed by atoms with Gasteiger partial charge in [-0.3, -0.25) is 19.3 Å². The number of anilines is 1. The van der Waals surface area contributed by atoms with Gasteiger partial charge in [0, 0.05) is 4.88 Å². The Morgan fingerprint density at radius 3 is 2.68 bits per heavy atom. The predicted molar refractivity (Wildman–Crippen MR) is 123 cm³/mol. The fourth-order valence-electron chi connectivity index (χ4n) is 4.61. The number of hydrogen-bond donors (Lipinski definition) is 3. The number of carbonyl (C=O) groups is 4. The molecule has 0 radical (unpaired) electrons. The molecule has 11 heteroatoms. The number of benzene rings is 1. The van der Waals surface area contributed by atoms with Crippen molar-refractivity contribution in [1.82, 2.24) is 10.2 Å². The topological polar surface area (TPSA) is 140 Å². The Morgan fingerprint density at radius 1 is 1.18 bits per heavy atom. The van der Waals surface area contributed by atoms with Crippen LogP contribution < -0.4 is 25.8 Å². The van der Waals surface area contributed by atoms with Gasteiger partial charge in [-0.1, -0.05) is 6.07 Å². The molecule has 5 amide bonds. The molecule has 178 valence electrons. The highest BCUT2D eigenvalue weighted by Crippen LogP contribution is 2.39. The van der Waals surface area contributed by atoms with Crippen LogP contribution in [-0.4, -0.2) is 48.4 Å². The van der Waals surface area contributed by atoms with E-state index in [-0.39, 0.29) is 0 Å². The molecule has 2 aromatic rings. The van der Waals surface area contributed by atoms with Crippen LogP contribution in [0.1, 0.15) is 46.1 Å². The van der Waals surface area contributed by atoms with E-state index in [0.29, 0.717) is 40.8 Å². The molecule has 2 aliphatic heterocycles. The summed E-state index contributed by atoms with van der Waals surface area (Å²) in [7, 11) is 0. The molecule has 1 fully saturated rings. The molecule has 1 aromatic carbocycles. The highest BCUT2D eigenvalue weighted by Gasteiger charge is 2.50. The SMILES string of the molecule is CC1(c2ccc3c(c2)OCCO3)NC(=O)N(CC(=O)Nc2sc3c(c2C(N)=O)CCCC3)C1=O. The van der Waals surface area contributed by atoms with E-state index in [2.05, 4.69) is 10.6 Å². The Labute approximate surface area is 199 Å². The molecule has 1 unspecified atom stereocenters. The maximum Gasteiger partial charge on any atom is 0.325 e. The van der Waals surface area contributed by atoms with Crippen molar-refractivity contribution in [3.63, 3.8) is 0 Å². The van der Waals surface area contributed by atoms with Crippen LogP contribution in [0.3, 0.4) is 0 Å². The maximum atomic E-state index is 13.2. The first-order valence-electron chi connectivity index (χ1n) is 11.1. The van der Waals surface area contributed by atoms with E-state index in [1.807, 2.05) is 0 Å². The van der Waals surface area contributed by atoms with E-state index >= 15 is 0 Å². The average molecular weight is 485 g/mol. The number of carbonyl (C=O) groups excluding carboxylic acids is 4. The number of nitrogens with two attached hydrogens (primary N) is 1. The number of primary amides is 1. The summed E-state index contributed by atoms with van der Waals surface area (Å²) in [4.78, 5) is 52.7. The third-order valence-electron chi connectivity index (χ3n) is 6.37. The summed E-state index contributed by atoms with van der Waals surface area (Å²) in [5, 5.41) is 5.74. The minimum atomic E-state index is -1.37. The minimum Gasteiger partial charge on any atom is -0.486 e. The zero-order valence-electron chi connectivity index (χ0n) is 18.6. The molecular weight excluding hydrogens is 460 g/mol. The number of thiophene rings is 1. The Bertz CT molecular complexity index is 1220. The quantitative estimate of drug-likeness (QED) is 0.554. The van der Waals surface area contributed by atoms with Gasteiger partial charge in [0.2, 0.25) is 5.91 Å². The molecule has 1 saturated heterocycles. The number of fused-ring (bicyclic) bond motifs is 2. The van der Waals surface area contributed by atoms with Gasteiger partial charge >= 0.3 is 6.03 Å². The summed E-state index contributed by atoms with van der Waals surface area (Å²) < 4.78 is 11.1. The van der Waals surface area contributed by atoms with Gasteiger partial charge in [-0.2, -0.15) is 0 Å². The molecule has 34 heavy (non-hydrogen) atoms. The molecule has 1 aliphatic carbocycles. The van der Waals surface area contributed by atoms with E-state index in [9.17, 15) is 19.2 Å². The van der Waals surface area contributed by atoms with Gasteiger partial charge in [-0.25, -0.2) is 4.79 Å². The smallest absolute Gasteiger partial charge is 0.325 e. The summed E-state index contributed by atoms with van der Waals surface area (Å²) in [5.74, 6) is -0.698. The fraction of sp³-hybridized carbons (Fsp3) is 0.391. The number of rotatable bonds is 5. The van der Waals surface area contributed by atoms with Crippen LogP contribution in [0, 0.1) is 0 Å².